The number of carboxylic acid groups (broad SMARTS) is 1. The van der Waals surface area contributed by atoms with Crippen LogP contribution in [0.3, 0.4) is 0 Å². The van der Waals surface area contributed by atoms with E-state index in [1.54, 1.807) is 0 Å². The number of benzene rings is 1. The Morgan fingerprint density at radius 2 is 1.88 bits per heavy atom. The minimum Gasteiger partial charge on any atom is -0.481 e. The Balaban J connectivity index is 1.92. The minimum atomic E-state index is -1.16. The van der Waals surface area contributed by atoms with Crippen LogP contribution < -0.4 is 5.32 Å². The van der Waals surface area contributed by atoms with Crippen LogP contribution >= 0.6 is 11.8 Å². The van der Waals surface area contributed by atoms with Crippen LogP contribution in [0, 0.1) is 5.82 Å². The first-order valence-corrected chi connectivity index (χ1v) is 8.18. The molecule has 0 aliphatic carbocycles. The summed E-state index contributed by atoms with van der Waals surface area (Å²) in [6.45, 7) is 0. The first-order chi connectivity index (χ1) is 11.8. The summed E-state index contributed by atoms with van der Waals surface area (Å²) in [5.41, 5.74) is -0.282. The monoisotopic (exact) mass is 366 g/mol. The van der Waals surface area contributed by atoms with E-state index in [0.717, 1.165) is 17.0 Å². The van der Waals surface area contributed by atoms with Gasteiger partial charge >= 0.3 is 5.97 Å². The van der Waals surface area contributed by atoms with E-state index < -0.39 is 47.2 Å². The zero-order valence-corrected chi connectivity index (χ0v) is 13.4. The van der Waals surface area contributed by atoms with Crippen molar-refractivity contribution in [2.75, 3.05) is 5.75 Å². The third-order valence-corrected chi connectivity index (χ3v) is 4.86. The number of amides is 4. The number of nitrogens with zero attached hydrogens (tertiary/aromatic N) is 1. The minimum absolute atomic E-state index is 0.000755. The zero-order valence-electron chi connectivity index (χ0n) is 12.6. The molecule has 2 N–H and O–H groups in total. The smallest absolute Gasteiger partial charge is 0.313 e. The molecule has 130 valence electrons. The van der Waals surface area contributed by atoms with Gasteiger partial charge in [0.2, 0.25) is 11.8 Å². The number of hydrogen-bond donors (Lipinski definition) is 2. The number of nitrogens with one attached hydrogen (secondary N) is 1. The molecule has 1 atom stereocenters. The van der Waals surface area contributed by atoms with Crippen molar-refractivity contribution >= 4 is 41.4 Å². The SMILES string of the molecule is O=C(O)CSc1cc2c(cc1F)C(=O)N(C1CCC(=O)NC1=O)C2=O. The Morgan fingerprint density at radius 3 is 2.48 bits per heavy atom. The molecule has 0 saturated carbocycles. The Morgan fingerprint density at radius 1 is 1.24 bits per heavy atom. The third kappa shape index (κ3) is 3.00. The number of rotatable bonds is 4. The maximum atomic E-state index is 14.1. The van der Waals surface area contributed by atoms with Crippen LogP contribution in [0.4, 0.5) is 4.39 Å². The van der Waals surface area contributed by atoms with Crippen molar-refractivity contribution in [3.8, 4) is 0 Å². The topological polar surface area (TPSA) is 121 Å². The molecule has 8 nitrogen and oxygen atoms in total. The van der Waals surface area contributed by atoms with Crippen LogP contribution in [0.25, 0.3) is 0 Å². The number of fused-ring (bicyclic) bond motifs is 1. The highest BCUT2D eigenvalue weighted by atomic mass is 32.2. The number of piperidine rings is 1. The highest BCUT2D eigenvalue weighted by molar-refractivity contribution is 8.00. The van der Waals surface area contributed by atoms with Crippen LogP contribution in [0.2, 0.25) is 0 Å². The molecule has 1 aromatic carbocycles. The summed E-state index contributed by atoms with van der Waals surface area (Å²) >= 11 is 0.682. The molecule has 2 aliphatic rings. The van der Waals surface area contributed by atoms with Gasteiger partial charge in [-0.05, 0) is 18.6 Å². The molecule has 1 saturated heterocycles. The molecule has 25 heavy (non-hydrogen) atoms. The van der Waals surface area contributed by atoms with E-state index in [4.69, 9.17) is 5.11 Å². The normalized spacial score (nSPS) is 19.9. The van der Waals surface area contributed by atoms with Crippen molar-refractivity contribution in [1.82, 2.24) is 10.2 Å². The summed E-state index contributed by atoms with van der Waals surface area (Å²) in [6.07, 6.45) is -0.0167. The summed E-state index contributed by atoms with van der Waals surface area (Å²) in [6, 6.07) is 0.846. The maximum Gasteiger partial charge on any atom is 0.313 e. The number of carbonyl (C=O) groups excluding carboxylic acids is 4. The van der Waals surface area contributed by atoms with Crippen molar-refractivity contribution in [1.29, 1.82) is 0 Å². The van der Waals surface area contributed by atoms with E-state index in [2.05, 4.69) is 5.32 Å². The number of imide groups is 2. The van der Waals surface area contributed by atoms with Gasteiger partial charge in [0, 0.05) is 11.3 Å². The van der Waals surface area contributed by atoms with Crippen LogP contribution in [-0.4, -0.2) is 51.4 Å². The fraction of sp³-hybridized carbons (Fsp3) is 0.267. The fourth-order valence-electron chi connectivity index (χ4n) is 2.72. The summed E-state index contributed by atoms with van der Waals surface area (Å²) in [7, 11) is 0. The van der Waals surface area contributed by atoms with Gasteiger partial charge in [0.25, 0.3) is 11.8 Å². The molecule has 1 fully saturated rings. The second-order valence-electron chi connectivity index (χ2n) is 5.46. The van der Waals surface area contributed by atoms with E-state index in [0.29, 0.717) is 11.8 Å². The van der Waals surface area contributed by atoms with E-state index in [1.807, 2.05) is 0 Å². The summed E-state index contributed by atoms with van der Waals surface area (Å²) < 4.78 is 14.1. The summed E-state index contributed by atoms with van der Waals surface area (Å²) in [4.78, 5) is 59.4. The lowest BCUT2D eigenvalue weighted by Gasteiger charge is -2.27. The Bertz CT molecular complexity index is 840. The van der Waals surface area contributed by atoms with Crippen LogP contribution in [0.15, 0.2) is 17.0 Å². The van der Waals surface area contributed by atoms with E-state index in [-0.39, 0.29) is 28.9 Å². The summed E-state index contributed by atoms with van der Waals surface area (Å²) in [5.74, 6) is -5.22. The third-order valence-electron chi connectivity index (χ3n) is 3.84. The molecule has 0 bridgehead atoms. The zero-order chi connectivity index (χ0) is 18.3. The van der Waals surface area contributed by atoms with Crippen LogP contribution in [0.1, 0.15) is 33.6 Å². The molecule has 4 amide bonds. The Kier molecular flexibility index (Phi) is 4.29. The van der Waals surface area contributed by atoms with Crippen LogP contribution in [-0.2, 0) is 14.4 Å². The van der Waals surface area contributed by atoms with Gasteiger partial charge in [-0.15, -0.1) is 11.8 Å². The van der Waals surface area contributed by atoms with Gasteiger partial charge in [-0.25, -0.2) is 4.39 Å². The quantitative estimate of drug-likeness (QED) is 0.584. The standard InChI is InChI=1S/C15H11FN2O6S/c16-8-3-6-7(4-10(8)25-5-12(20)21)15(24)18(14(6)23)9-1-2-11(19)17-13(9)22/h3-4,9H,1-2,5H2,(H,20,21)(H,17,19,22). The first-order valence-electron chi connectivity index (χ1n) is 7.19. The molecule has 2 heterocycles. The van der Waals surface area contributed by atoms with E-state index >= 15 is 0 Å². The maximum absolute atomic E-state index is 14.1. The van der Waals surface area contributed by atoms with E-state index in [9.17, 15) is 28.4 Å². The summed E-state index contributed by atoms with van der Waals surface area (Å²) in [5, 5.41) is 10.7. The largest absolute Gasteiger partial charge is 0.481 e. The van der Waals surface area contributed by atoms with Gasteiger partial charge in [0.1, 0.15) is 11.9 Å². The fourth-order valence-corrected chi connectivity index (χ4v) is 3.40. The molecular formula is C15H11FN2O6S. The van der Waals surface area contributed by atoms with Gasteiger partial charge in [0.15, 0.2) is 0 Å². The molecular weight excluding hydrogens is 355 g/mol. The van der Waals surface area contributed by atoms with Crippen molar-refractivity contribution < 1.29 is 33.5 Å². The predicted molar refractivity (Wildman–Crippen MR) is 81.4 cm³/mol. The second kappa shape index (κ2) is 6.28. The molecule has 1 aromatic rings. The number of halogens is 1. The van der Waals surface area contributed by atoms with Crippen molar-refractivity contribution in [3.05, 3.63) is 29.1 Å². The van der Waals surface area contributed by atoms with Crippen LogP contribution in [0.5, 0.6) is 0 Å². The number of carbonyl (C=O) groups is 5. The van der Waals surface area contributed by atoms with Gasteiger partial charge < -0.3 is 5.11 Å². The first kappa shape index (κ1) is 17.1. The van der Waals surface area contributed by atoms with E-state index in [1.165, 1.54) is 0 Å². The van der Waals surface area contributed by atoms with Gasteiger partial charge in [-0.3, -0.25) is 34.2 Å². The molecule has 2 aliphatic heterocycles. The van der Waals surface area contributed by atoms with Crippen molar-refractivity contribution in [2.24, 2.45) is 0 Å². The lowest BCUT2D eigenvalue weighted by Crippen LogP contribution is -2.54. The van der Waals surface area contributed by atoms with Gasteiger partial charge in [-0.1, -0.05) is 0 Å². The molecule has 3 rings (SSSR count). The predicted octanol–water partition coefficient (Wildman–Crippen LogP) is 0.404. The average molecular weight is 366 g/mol. The van der Waals surface area contributed by atoms with Gasteiger partial charge in [-0.2, -0.15) is 0 Å². The number of hydrogen-bond acceptors (Lipinski definition) is 6. The highest BCUT2D eigenvalue weighted by Gasteiger charge is 2.45. The Hall–Kier alpha value is -2.75. The Labute approximate surface area is 144 Å². The average Bonchev–Trinajstić information content (AvgIpc) is 2.77. The molecule has 0 spiro atoms. The van der Waals surface area contributed by atoms with Gasteiger partial charge in [0.05, 0.1) is 16.9 Å². The number of thioether (sulfide) groups is 1. The molecule has 10 heteroatoms. The second-order valence-corrected chi connectivity index (χ2v) is 6.48. The number of aliphatic carboxylic acids is 1. The highest BCUT2D eigenvalue weighted by Crippen LogP contribution is 2.32. The molecule has 0 aromatic heterocycles. The molecule has 1 unspecified atom stereocenters. The number of carboxylic acids is 1. The lowest BCUT2D eigenvalue weighted by molar-refractivity contribution is -0.136. The lowest BCUT2D eigenvalue weighted by atomic mass is 10.0. The van der Waals surface area contributed by atoms with Crippen molar-refractivity contribution in [2.45, 2.75) is 23.8 Å². The van der Waals surface area contributed by atoms with Crippen molar-refractivity contribution in [3.63, 3.8) is 0 Å². The molecule has 0 radical (unpaired) electrons.